The molecule has 0 aromatic heterocycles. The molecule has 1 atom stereocenters. The number of hydrogen-bond donors (Lipinski definition) is 2. The van der Waals surface area contributed by atoms with E-state index >= 15 is 0 Å². The number of carbonyl (C=O) groups is 1. The van der Waals surface area contributed by atoms with Gasteiger partial charge in [-0.05, 0) is 50.2 Å². The third kappa shape index (κ3) is 5.15. The molecule has 2 N–H and O–H groups in total. The van der Waals surface area contributed by atoms with Crippen LogP contribution >= 0.6 is 0 Å². The summed E-state index contributed by atoms with van der Waals surface area (Å²) in [5.41, 5.74) is 2.95. The van der Waals surface area contributed by atoms with Crippen molar-refractivity contribution in [2.75, 3.05) is 23.8 Å². The van der Waals surface area contributed by atoms with Gasteiger partial charge in [0.1, 0.15) is 5.75 Å². The summed E-state index contributed by atoms with van der Waals surface area (Å²) >= 11 is 0. The number of rotatable bonds is 8. The van der Waals surface area contributed by atoms with E-state index in [0.717, 1.165) is 23.5 Å². The third-order valence-corrected chi connectivity index (χ3v) is 3.57. The van der Waals surface area contributed by atoms with Crippen LogP contribution < -0.4 is 15.4 Å². The van der Waals surface area contributed by atoms with Crippen molar-refractivity contribution in [2.45, 2.75) is 27.0 Å². The molecule has 0 radical (unpaired) electrons. The third-order valence-electron chi connectivity index (χ3n) is 3.57. The molecule has 0 saturated carbocycles. The fraction of sp³-hybridized carbons (Fsp3) is 0.300. The van der Waals surface area contributed by atoms with Gasteiger partial charge in [0, 0.05) is 24.7 Å². The fourth-order valence-electron chi connectivity index (χ4n) is 2.45. The van der Waals surface area contributed by atoms with E-state index < -0.39 is 12.2 Å². The molecule has 6 nitrogen and oxygen atoms in total. The van der Waals surface area contributed by atoms with Crippen LogP contribution in [0.25, 0.3) is 0 Å². The van der Waals surface area contributed by atoms with E-state index in [-0.39, 0.29) is 0 Å². The summed E-state index contributed by atoms with van der Waals surface area (Å²) in [4.78, 5) is 11.5. The van der Waals surface area contributed by atoms with Gasteiger partial charge in [-0.25, -0.2) is 0 Å². The molecule has 0 aliphatic rings. The standard InChI is InChI=1S/C20H23N3O3/c1-4-22-18-11-8-16(12-19(18)25-5-2)20(26-14(3)24)23-17-9-6-15(13-21)7-10-17/h6-12,20,22-23H,4-5H2,1-3H3. The minimum absolute atomic E-state index is 0.398. The van der Waals surface area contributed by atoms with Crippen LogP contribution in [0.4, 0.5) is 11.4 Å². The maximum atomic E-state index is 11.5. The first-order valence-corrected chi connectivity index (χ1v) is 8.51. The van der Waals surface area contributed by atoms with Crippen molar-refractivity contribution >= 4 is 17.3 Å². The summed E-state index contributed by atoms with van der Waals surface area (Å²) in [6.07, 6.45) is -0.671. The SMILES string of the molecule is CCNc1ccc(C(Nc2ccc(C#N)cc2)OC(C)=O)cc1OCC. The predicted molar refractivity (Wildman–Crippen MR) is 101 cm³/mol. The summed E-state index contributed by atoms with van der Waals surface area (Å²) in [6, 6.07) is 14.7. The van der Waals surface area contributed by atoms with Crippen LogP contribution in [0, 0.1) is 11.3 Å². The smallest absolute Gasteiger partial charge is 0.304 e. The normalized spacial score (nSPS) is 11.2. The minimum Gasteiger partial charge on any atom is -0.492 e. The molecule has 136 valence electrons. The molecule has 0 amide bonds. The highest BCUT2D eigenvalue weighted by Crippen LogP contribution is 2.30. The molecule has 0 spiro atoms. The summed E-state index contributed by atoms with van der Waals surface area (Å²) in [7, 11) is 0. The summed E-state index contributed by atoms with van der Waals surface area (Å²) < 4.78 is 11.1. The zero-order chi connectivity index (χ0) is 18.9. The van der Waals surface area contributed by atoms with E-state index in [0.29, 0.717) is 17.9 Å². The van der Waals surface area contributed by atoms with Crippen LogP contribution in [0.15, 0.2) is 42.5 Å². The second kappa shape index (κ2) is 9.33. The van der Waals surface area contributed by atoms with Gasteiger partial charge in [0.25, 0.3) is 0 Å². The van der Waals surface area contributed by atoms with E-state index in [1.807, 2.05) is 32.0 Å². The van der Waals surface area contributed by atoms with Crippen molar-refractivity contribution in [1.29, 1.82) is 5.26 Å². The number of nitrogens with one attached hydrogen (secondary N) is 2. The molecule has 2 rings (SSSR count). The largest absolute Gasteiger partial charge is 0.492 e. The molecule has 0 aliphatic carbocycles. The molecule has 0 fully saturated rings. The second-order valence-electron chi connectivity index (χ2n) is 5.54. The Morgan fingerprint density at radius 2 is 1.92 bits per heavy atom. The van der Waals surface area contributed by atoms with E-state index in [9.17, 15) is 4.79 Å². The average Bonchev–Trinajstić information content (AvgIpc) is 2.63. The molecule has 2 aromatic rings. The van der Waals surface area contributed by atoms with Crippen molar-refractivity contribution in [2.24, 2.45) is 0 Å². The Balaban J connectivity index is 2.31. The van der Waals surface area contributed by atoms with Gasteiger partial charge in [0.05, 0.1) is 23.9 Å². The fourth-order valence-corrected chi connectivity index (χ4v) is 2.45. The monoisotopic (exact) mass is 353 g/mol. The molecule has 0 bridgehead atoms. The van der Waals surface area contributed by atoms with E-state index in [2.05, 4.69) is 16.7 Å². The van der Waals surface area contributed by atoms with Gasteiger partial charge < -0.3 is 20.1 Å². The number of anilines is 2. The highest BCUT2D eigenvalue weighted by Gasteiger charge is 2.17. The van der Waals surface area contributed by atoms with Gasteiger partial charge in [-0.2, -0.15) is 5.26 Å². The lowest BCUT2D eigenvalue weighted by atomic mass is 10.1. The summed E-state index contributed by atoms with van der Waals surface area (Å²) in [6.45, 7) is 6.60. The van der Waals surface area contributed by atoms with Crippen molar-refractivity contribution in [3.63, 3.8) is 0 Å². The van der Waals surface area contributed by atoms with Gasteiger partial charge in [-0.3, -0.25) is 4.79 Å². The number of nitriles is 1. The minimum atomic E-state index is -0.671. The van der Waals surface area contributed by atoms with Crippen molar-refractivity contribution < 1.29 is 14.3 Å². The summed E-state index contributed by atoms with van der Waals surface area (Å²) in [5.74, 6) is 0.301. The van der Waals surface area contributed by atoms with E-state index in [1.165, 1.54) is 6.92 Å². The van der Waals surface area contributed by atoms with E-state index in [1.54, 1.807) is 24.3 Å². The topological polar surface area (TPSA) is 83.4 Å². The Morgan fingerprint density at radius 3 is 2.50 bits per heavy atom. The van der Waals surface area contributed by atoms with Gasteiger partial charge in [0.2, 0.25) is 0 Å². The number of hydrogen-bond acceptors (Lipinski definition) is 6. The Labute approximate surface area is 153 Å². The molecular formula is C20H23N3O3. The first-order valence-electron chi connectivity index (χ1n) is 8.51. The Kier molecular flexibility index (Phi) is 6.86. The zero-order valence-electron chi connectivity index (χ0n) is 15.2. The zero-order valence-corrected chi connectivity index (χ0v) is 15.2. The van der Waals surface area contributed by atoms with Crippen molar-refractivity contribution in [3.05, 3.63) is 53.6 Å². The van der Waals surface area contributed by atoms with Crippen LogP contribution in [0.2, 0.25) is 0 Å². The number of esters is 1. The van der Waals surface area contributed by atoms with Crippen molar-refractivity contribution in [1.82, 2.24) is 0 Å². The molecular weight excluding hydrogens is 330 g/mol. The Bertz CT molecular complexity index is 782. The first-order chi connectivity index (χ1) is 12.6. The lowest BCUT2D eigenvalue weighted by Gasteiger charge is -2.22. The number of nitrogens with zero attached hydrogens (tertiary/aromatic N) is 1. The summed E-state index contributed by atoms with van der Waals surface area (Å²) in [5, 5.41) is 15.3. The number of ether oxygens (including phenoxy) is 2. The number of benzene rings is 2. The Morgan fingerprint density at radius 1 is 1.19 bits per heavy atom. The van der Waals surface area contributed by atoms with Crippen molar-refractivity contribution in [3.8, 4) is 11.8 Å². The Hall–Kier alpha value is -3.20. The van der Waals surface area contributed by atoms with Gasteiger partial charge in [-0.15, -0.1) is 0 Å². The molecule has 1 unspecified atom stereocenters. The maximum Gasteiger partial charge on any atom is 0.304 e. The highest BCUT2D eigenvalue weighted by atomic mass is 16.6. The number of carbonyl (C=O) groups excluding carboxylic acids is 1. The van der Waals surface area contributed by atoms with Gasteiger partial charge >= 0.3 is 5.97 Å². The molecule has 0 aliphatic heterocycles. The lowest BCUT2D eigenvalue weighted by molar-refractivity contribution is -0.145. The lowest BCUT2D eigenvalue weighted by Crippen LogP contribution is -2.17. The van der Waals surface area contributed by atoms with E-state index in [4.69, 9.17) is 14.7 Å². The predicted octanol–water partition coefficient (Wildman–Crippen LogP) is 4.06. The second-order valence-corrected chi connectivity index (χ2v) is 5.54. The van der Waals surface area contributed by atoms with Crippen LogP contribution in [0.5, 0.6) is 5.75 Å². The molecule has 0 heterocycles. The maximum absolute atomic E-state index is 11.5. The van der Waals surface area contributed by atoms with Crippen LogP contribution in [-0.2, 0) is 9.53 Å². The molecule has 26 heavy (non-hydrogen) atoms. The van der Waals surface area contributed by atoms with Crippen LogP contribution in [0.1, 0.15) is 38.1 Å². The van der Waals surface area contributed by atoms with Gasteiger partial charge in [-0.1, -0.05) is 6.07 Å². The quantitative estimate of drug-likeness (QED) is 0.550. The van der Waals surface area contributed by atoms with Crippen LogP contribution in [0.3, 0.4) is 0 Å². The van der Waals surface area contributed by atoms with Gasteiger partial charge in [0.15, 0.2) is 6.23 Å². The van der Waals surface area contributed by atoms with Crippen LogP contribution in [-0.4, -0.2) is 19.1 Å². The molecule has 6 heteroatoms. The first kappa shape index (κ1) is 19.1. The molecule has 0 saturated heterocycles. The molecule has 2 aromatic carbocycles. The average molecular weight is 353 g/mol. The highest BCUT2D eigenvalue weighted by molar-refractivity contribution is 5.67.